The largest absolute Gasteiger partial charge is 0.349 e. The fourth-order valence-corrected chi connectivity index (χ4v) is 2.19. The van der Waals surface area contributed by atoms with Crippen molar-refractivity contribution in [2.24, 2.45) is 0 Å². The Morgan fingerprint density at radius 3 is 2.80 bits per heavy atom. The van der Waals surface area contributed by atoms with E-state index in [-0.39, 0.29) is 5.78 Å². The van der Waals surface area contributed by atoms with E-state index in [2.05, 4.69) is 15.0 Å². The fraction of sp³-hybridized carbons (Fsp3) is 0.286. The highest BCUT2D eigenvalue weighted by Crippen LogP contribution is 2.23. The minimum atomic E-state index is 0.253. The number of rotatable bonds is 3. The topological polar surface area (TPSA) is 62.2 Å². The van der Waals surface area contributed by atoms with E-state index in [1.165, 1.54) is 6.33 Å². The summed E-state index contributed by atoms with van der Waals surface area (Å²) in [6.07, 6.45) is 3.86. The Kier molecular flexibility index (Phi) is 3.28. The zero-order chi connectivity index (χ0) is 13.9. The van der Waals surface area contributed by atoms with E-state index in [0.29, 0.717) is 13.0 Å². The molecule has 6 heteroatoms. The van der Waals surface area contributed by atoms with Gasteiger partial charge in [0, 0.05) is 32.3 Å². The smallest absolute Gasteiger partial charge is 0.153 e. The van der Waals surface area contributed by atoms with Crippen LogP contribution in [-0.2, 0) is 4.79 Å². The summed E-state index contributed by atoms with van der Waals surface area (Å²) in [6, 6.07) is 7.60. The summed E-state index contributed by atoms with van der Waals surface area (Å²) in [6.45, 7) is 1.16. The summed E-state index contributed by atoms with van der Waals surface area (Å²) in [5.41, 5.74) is 0. The Morgan fingerprint density at radius 2 is 2.10 bits per heavy atom. The quantitative estimate of drug-likeness (QED) is 0.839. The lowest BCUT2D eigenvalue weighted by atomic mass is 10.4. The molecule has 20 heavy (non-hydrogen) atoms. The second-order valence-corrected chi connectivity index (χ2v) is 4.69. The van der Waals surface area contributed by atoms with Crippen LogP contribution < -0.4 is 9.80 Å². The van der Waals surface area contributed by atoms with Crippen LogP contribution in [0, 0.1) is 0 Å². The van der Waals surface area contributed by atoms with Crippen LogP contribution in [0.1, 0.15) is 6.42 Å². The highest BCUT2D eigenvalue weighted by Gasteiger charge is 2.21. The van der Waals surface area contributed by atoms with Gasteiger partial charge < -0.3 is 9.80 Å². The maximum atomic E-state index is 11.4. The van der Waals surface area contributed by atoms with E-state index in [1.807, 2.05) is 41.1 Å². The summed E-state index contributed by atoms with van der Waals surface area (Å²) >= 11 is 0. The summed E-state index contributed by atoms with van der Waals surface area (Å²) in [5.74, 6) is 2.61. The first-order valence-corrected chi connectivity index (χ1v) is 6.47. The molecule has 0 unspecified atom stereocenters. The maximum absolute atomic E-state index is 11.4. The second-order valence-electron chi connectivity index (χ2n) is 4.69. The van der Waals surface area contributed by atoms with Crippen LogP contribution in [0.2, 0.25) is 0 Å². The molecule has 0 bridgehead atoms. The van der Waals surface area contributed by atoms with Crippen LogP contribution in [0.3, 0.4) is 0 Å². The number of aromatic nitrogens is 3. The van der Waals surface area contributed by atoms with Crippen LogP contribution in [0.4, 0.5) is 17.5 Å². The van der Waals surface area contributed by atoms with Gasteiger partial charge in [0.15, 0.2) is 5.78 Å². The van der Waals surface area contributed by atoms with Crippen LogP contribution in [0.15, 0.2) is 36.8 Å². The van der Waals surface area contributed by atoms with Crippen LogP contribution in [-0.4, -0.2) is 40.9 Å². The lowest BCUT2D eigenvalue weighted by molar-refractivity contribution is -0.116. The van der Waals surface area contributed by atoms with Crippen molar-refractivity contribution in [1.82, 2.24) is 15.0 Å². The minimum Gasteiger partial charge on any atom is -0.349 e. The van der Waals surface area contributed by atoms with Gasteiger partial charge in [0.1, 0.15) is 23.8 Å². The number of hydrogen-bond acceptors (Lipinski definition) is 6. The van der Waals surface area contributed by atoms with Crippen molar-refractivity contribution in [3.63, 3.8) is 0 Å². The molecule has 3 rings (SSSR count). The van der Waals surface area contributed by atoms with Gasteiger partial charge in [0.25, 0.3) is 0 Å². The van der Waals surface area contributed by atoms with Crippen molar-refractivity contribution in [1.29, 1.82) is 0 Å². The second kappa shape index (κ2) is 5.24. The predicted octanol–water partition coefficient (Wildman–Crippen LogP) is 1.42. The molecular weight excluding hydrogens is 254 g/mol. The third kappa shape index (κ3) is 2.45. The van der Waals surface area contributed by atoms with E-state index in [9.17, 15) is 4.79 Å². The van der Waals surface area contributed by atoms with Crippen molar-refractivity contribution < 1.29 is 4.79 Å². The monoisotopic (exact) mass is 269 g/mol. The van der Waals surface area contributed by atoms with Gasteiger partial charge in [-0.25, -0.2) is 15.0 Å². The molecule has 0 spiro atoms. The Hall–Kier alpha value is -2.50. The number of anilines is 3. The molecule has 0 aromatic carbocycles. The van der Waals surface area contributed by atoms with Gasteiger partial charge in [-0.1, -0.05) is 6.07 Å². The van der Waals surface area contributed by atoms with Gasteiger partial charge in [-0.05, 0) is 12.1 Å². The minimum absolute atomic E-state index is 0.253. The average Bonchev–Trinajstić information content (AvgIpc) is 2.94. The zero-order valence-electron chi connectivity index (χ0n) is 11.2. The van der Waals surface area contributed by atoms with Crippen molar-refractivity contribution in [2.75, 3.05) is 29.9 Å². The summed E-state index contributed by atoms with van der Waals surface area (Å²) in [5, 5.41) is 0. The molecule has 1 saturated heterocycles. The van der Waals surface area contributed by atoms with E-state index in [4.69, 9.17) is 0 Å². The highest BCUT2D eigenvalue weighted by molar-refractivity contribution is 5.86. The van der Waals surface area contributed by atoms with Crippen molar-refractivity contribution in [3.05, 3.63) is 36.8 Å². The van der Waals surface area contributed by atoms with Gasteiger partial charge >= 0.3 is 0 Å². The van der Waals surface area contributed by atoms with Crippen LogP contribution in [0.5, 0.6) is 0 Å². The van der Waals surface area contributed by atoms with Gasteiger partial charge in [-0.2, -0.15) is 0 Å². The number of carbonyl (C=O) groups excluding carboxylic acids is 1. The molecule has 1 aliphatic rings. The zero-order valence-corrected chi connectivity index (χ0v) is 11.2. The Balaban J connectivity index is 1.86. The van der Waals surface area contributed by atoms with E-state index < -0.39 is 0 Å². The molecular formula is C14H15N5O. The SMILES string of the molecule is CN(c1ccccn1)c1cc(N2CCC(=O)C2)ncn1. The molecule has 0 N–H and O–H groups in total. The number of nitrogens with zero attached hydrogens (tertiary/aromatic N) is 5. The number of Topliss-reactive ketones (excluding diaryl/α,β-unsaturated/α-hetero) is 1. The lowest BCUT2D eigenvalue weighted by Crippen LogP contribution is -2.22. The van der Waals surface area contributed by atoms with Crippen LogP contribution >= 0.6 is 0 Å². The third-order valence-electron chi connectivity index (χ3n) is 3.33. The molecule has 0 aliphatic carbocycles. The first-order valence-electron chi connectivity index (χ1n) is 6.47. The normalized spacial score (nSPS) is 14.7. The molecule has 3 heterocycles. The van der Waals surface area contributed by atoms with Gasteiger partial charge in [0.05, 0.1) is 6.54 Å². The highest BCUT2D eigenvalue weighted by atomic mass is 16.1. The van der Waals surface area contributed by atoms with E-state index >= 15 is 0 Å². The molecule has 2 aromatic heterocycles. The Bertz CT molecular complexity index is 616. The van der Waals surface area contributed by atoms with Gasteiger partial charge in [-0.15, -0.1) is 0 Å². The fourth-order valence-electron chi connectivity index (χ4n) is 2.19. The first-order chi connectivity index (χ1) is 9.74. The molecule has 0 amide bonds. The maximum Gasteiger partial charge on any atom is 0.153 e. The number of carbonyl (C=O) groups is 1. The molecule has 1 fully saturated rings. The van der Waals surface area contributed by atoms with E-state index in [1.54, 1.807) is 6.20 Å². The molecule has 6 nitrogen and oxygen atoms in total. The molecule has 2 aromatic rings. The summed E-state index contributed by atoms with van der Waals surface area (Å²) < 4.78 is 0. The number of hydrogen-bond donors (Lipinski definition) is 0. The Labute approximate surface area is 117 Å². The number of ketones is 1. The van der Waals surface area contributed by atoms with E-state index in [0.717, 1.165) is 24.0 Å². The third-order valence-corrected chi connectivity index (χ3v) is 3.33. The van der Waals surface area contributed by atoms with Crippen molar-refractivity contribution in [3.8, 4) is 0 Å². The standard InChI is InChI=1S/C14H15N5O/c1-18(12-4-2-3-6-15-12)13-8-14(17-10-16-13)19-7-5-11(20)9-19/h2-4,6,8,10H,5,7,9H2,1H3. The number of pyridine rings is 1. The molecule has 0 atom stereocenters. The molecule has 0 radical (unpaired) electrons. The lowest BCUT2D eigenvalue weighted by Gasteiger charge is -2.20. The van der Waals surface area contributed by atoms with Crippen LogP contribution in [0.25, 0.3) is 0 Å². The van der Waals surface area contributed by atoms with Gasteiger partial charge in [0.2, 0.25) is 0 Å². The predicted molar refractivity (Wildman–Crippen MR) is 76.2 cm³/mol. The Morgan fingerprint density at radius 1 is 1.20 bits per heavy atom. The van der Waals surface area contributed by atoms with Crippen molar-refractivity contribution in [2.45, 2.75) is 6.42 Å². The molecule has 0 saturated carbocycles. The van der Waals surface area contributed by atoms with Gasteiger partial charge in [-0.3, -0.25) is 4.79 Å². The molecule has 102 valence electrons. The van der Waals surface area contributed by atoms with Crippen molar-refractivity contribution >= 4 is 23.2 Å². The summed E-state index contributed by atoms with van der Waals surface area (Å²) in [7, 11) is 1.91. The average molecular weight is 269 g/mol. The molecule has 1 aliphatic heterocycles. The summed E-state index contributed by atoms with van der Waals surface area (Å²) in [4.78, 5) is 28.0. The first kappa shape index (κ1) is 12.5.